The van der Waals surface area contributed by atoms with Crippen molar-refractivity contribution in [3.8, 4) is 23.0 Å². The summed E-state index contributed by atoms with van der Waals surface area (Å²) in [4.78, 5) is 10.5. The zero-order valence-corrected chi connectivity index (χ0v) is 34.8. The molecular weight excluding hydrogens is 758 g/mol. The van der Waals surface area contributed by atoms with Crippen LogP contribution in [0.2, 0.25) is 0 Å². The van der Waals surface area contributed by atoms with Crippen molar-refractivity contribution in [1.29, 1.82) is 0 Å². The second-order valence-electron chi connectivity index (χ2n) is 18.6. The van der Waals surface area contributed by atoms with Gasteiger partial charge in [-0.3, -0.25) is 0 Å². The van der Waals surface area contributed by atoms with Crippen LogP contribution in [-0.4, -0.2) is 39.6 Å². The lowest BCUT2D eigenvalue weighted by atomic mass is 9.30. The molecule has 15 rings (SSSR count). The molecule has 0 radical (unpaired) electrons. The Kier molecular flexibility index (Phi) is 6.89. The van der Waals surface area contributed by atoms with Crippen LogP contribution in [0.1, 0.15) is 47.9 Å². The number of nitrogens with zero attached hydrogens (tertiary/aromatic N) is 4. The van der Waals surface area contributed by atoms with Gasteiger partial charge in [-0.15, -0.1) is 0 Å². The maximum atomic E-state index is 7.67. The van der Waals surface area contributed by atoms with Crippen molar-refractivity contribution in [2.45, 2.75) is 51.4 Å². The van der Waals surface area contributed by atoms with Crippen LogP contribution in [-0.2, 0) is 25.7 Å². The van der Waals surface area contributed by atoms with Crippen molar-refractivity contribution in [1.82, 2.24) is 0 Å². The molecule has 0 spiro atoms. The van der Waals surface area contributed by atoms with Crippen LogP contribution in [0.25, 0.3) is 0 Å². The summed E-state index contributed by atoms with van der Waals surface area (Å²) in [5, 5.41) is 0. The zero-order chi connectivity index (χ0) is 40.2. The van der Waals surface area contributed by atoms with Gasteiger partial charge in [-0.2, -0.15) is 0 Å². The van der Waals surface area contributed by atoms with Gasteiger partial charge >= 0.3 is 0 Å². The highest BCUT2D eigenvalue weighted by Gasteiger charge is 2.51. The maximum absolute atomic E-state index is 7.67. The van der Waals surface area contributed by atoms with Crippen molar-refractivity contribution < 1.29 is 9.47 Å². The fourth-order valence-electron chi connectivity index (χ4n) is 13.3. The Morgan fingerprint density at radius 2 is 0.871 bits per heavy atom. The molecule has 0 amide bonds. The standard InChI is InChI=1S/C54H44B2N4O2/c1-3-15-33(16-4-1)59-43-25-9-7-23-39(43)55-42-31-41-44(32-46(42)62-54-38-22-14-30-57-27-11-19-35(49(38)57)51(59)47(54)55)60(34-17-5-2-6-18-34)52-36-20-12-28-58-29-13-21-37(50(36)58)53-48(52)56(41)40-24-8-10-26-45(40)61-53/h1-10,15-18,23-26,31-32H,11-14,19-22,27-30H2. The largest absolute Gasteiger partial charge is 0.458 e. The molecule has 0 N–H and O–H groups in total. The van der Waals surface area contributed by atoms with Gasteiger partial charge in [-0.05, 0) is 132 Å². The van der Waals surface area contributed by atoms with E-state index in [1.807, 2.05) is 0 Å². The Labute approximate surface area is 363 Å². The predicted molar refractivity (Wildman–Crippen MR) is 256 cm³/mol. The summed E-state index contributed by atoms with van der Waals surface area (Å²) >= 11 is 0. The summed E-state index contributed by atoms with van der Waals surface area (Å²) in [6, 6.07) is 45.3. The monoisotopic (exact) mass is 802 g/mol. The van der Waals surface area contributed by atoms with Gasteiger partial charge in [0.05, 0.1) is 11.4 Å². The van der Waals surface area contributed by atoms with E-state index in [-0.39, 0.29) is 13.4 Å². The van der Waals surface area contributed by atoms with Crippen LogP contribution >= 0.6 is 0 Å². The first kappa shape index (κ1) is 34.1. The van der Waals surface area contributed by atoms with Crippen LogP contribution in [0.3, 0.4) is 0 Å². The molecule has 6 nitrogen and oxygen atoms in total. The van der Waals surface area contributed by atoms with Crippen molar-refractivity contribution in [2.24, 2.45) is 0 Å². The lowest BCUT2D eigenvalue weighted by Crippen LogP contribution is -2.64. The van der Waals surface area contributed by atoms with Gasteiger partial charge in [0.2, 0.25) is 0 Å². The Bertz CT molecular complexity index is 3090. The Morgan fingerprint density at radius 3 is 1.48 bits per heavy atom. The molecule has 0 bridgehead atoms. The highest BCUT2D eigenvalue weighted by molar-refractivity contribution is 7.02. The van der Waals surface area contributed by atoms with Crippen molar-refractivity contribution >= 4 is 91.7 Å². The minimum atomic E-state index is 0.0165. The van der Waals surface area contributed by atoms with Gasteiger partial charge in [-0.1, -0.05) is 78.9 Å². The fraction of sp³-hybridized carbons (Fsp3) is 0.222. The number of hydrogen-bond acceptors (Lipinski definition) is 6. The first-order valence-electron chi connectivity index (χ1n) is 23.1. The van der Waals surface area contributed by atoms with E-state index in [1.54, 1.807) is 0 Å². The van der Waals surface area contributed by atoms with E-state index < -0.39 is 0 Å². The third-order valence-corrected chi connectivity index (χ3v) is 15.5. The summed E-state index contributed by atoms with van der Waals surface area (Å²) < 4.78 is 14.9. The second-order valence-corrected chi connectivity index (χ2v) is 18.6. The molecule has 0 aromatic heterocycles. The van der Waals surface area contributed by atoms with E-state index in [0.717, 1.165) is 94.1 Å². The second kappa shape index (κ2) is 12.5. The minimum absolute atomic E-state index is 0.0165. The summed E-state index contributed by atoms with van der Waals surface area (Å²) in [6.45, 7) is 4.47. The van der Waals surface area contributed by atoms with Gasteiger partial charge in [-0.25, -0.2) is 0 Å². The number of para-hydroxylation sites is 4. The maximum Gasteiger partial charge on any atom is 0.256 e. The summed E-state index contributed by atoms with van der Waals surface area (Å²) in [7, 11) is 0. The number of anilines is 8. The summed E-state index contributed by atoms with van der Waals surface area (Å²) in [5.74, 6) is 4.16. The van der Waals surface area contributed by atoms with Crippen molar-refractivity contribution in [3.63, 3.8) is 0 Å². The molecule has 0 fully saturated rings. The van der Waals surface area contributed by atoms with Crippen molar-refractivity contribution in [3.05, 3.63) is 144 Å². The van der Waals surface area contributed by atoms with E-state index >= 15 is 0 Å². The first-order chi connectivity index (χ1) is 30.8. The number of rotatable bonds is 2. The van der Waals surface area contributed by atoms with Crippen molar-refractivity contribution in [2.75, 3.05) is 45.8 Å². The van der Waals surface area contributed by atoms with Crippen LogP contribution in [0, 0.1) is 0 Å². The van der Waals surface area contributed by atoms with E-state index in [0.29, 0.717) is 0 Å². The van der Waals surface area contributed by atoms with E-state index in [1.165, 1.54) is 107 Å². The SMILES string of the molecule is c1ccc(N2c3ccccc3B3c4cc5c(cc4Oc4c6c7c(c2c43)CCCN7CCC6)N(c2ccccc2)c2c3c4c(c6c2B5c2ccccc2O6)CCCN4CCC3)cc1. The summed E-state index contributed by atoms with van der Waals surface area (Å²) in [5.41, 5.74) is 24.1. The first-order valence-corrected chi connectivity index (χ1v) is 23.1. The zero-order valence-electron chi connectivity index (χ0n) is 34.8. The molecule has 7 aromatic carbocycles. The number of ether oxygens (including phenoxy) is 2. The lowest BCUT2D eigenvalue weighted by molar-refractivity contribution is 0.475. The van der Waals surface area contributed by atoms with Crippen LogP contribution in [0.4, 0.5) is 45.5 Å². The lowest BCUT2D eigenvalue weighted by Gasteiger charge is -2.48. The average Bonchev–Trinajstić information content (AvgIpc) is 3.33. The quantitative estimate of drug-likeness (QED) is 0.166. The molecule has 0 unspecified atom stereocenters. The van der Waals surface area contributed by atoms with Crippen LogP contribution < -0.4 is 61.9 Å². The minimum Gasteiger partial charge on any atom is -0.458 e. The molecule has 0 atom stereocenters. The molecular formula is C54H44B2N4O2. The molecule has 8 heteroatoms. The molecule has 8 heterocycles. The van der Waals surface area contributed by atoms with E-state index in [2.05, 4.69) is 141 Å². The van der Waals surface area contributed by atoms with E-state index in [4.69, 9.17) is 9.47 Å². The molecule has 8 aliphatic heterocycles. The number of fused-ring (bicyclic) bond motifs is 12. The molecule has 0 aliphatic carbocycles. The Balaban J connectivity index is 1.05. The van der Waals surface area contributed by atoms with Gasteiger partial charge < -0.3 is 29.1 Å². The topological polar surface area (TPSA) is 31.4 Å². The van der Waals surface area contributed by atoms with Gasteiger partial charge in [0, 0.05) is 77.5 Å². The highest BCUT2D eigenvalue weighted by Crippen LogP contribution is 2.54. The molecule has 62 heavy (non-hydrogen) atoms. The number of benzene rings is 7. The normalized spacial score (nSPS) is 17.6. The third-order valence-electron chi connectivity index (χ3n) is 15.5. The van der Waals surface area contributed by atoms with Gasteiger partial charge in [0.15, 0.2) is 0 Å². The smallest absolute Gasteiger partial charge is 0.256 e. The molecule has 0 saturated carbocycles. The molecule has 8 aliphatic rings. The molecule has 7 aromatic rings. The molecule has 0 saturated heterocycles. The van der Waals surface area contributed by atoms with Crippen LogP contribution in [0.5, 0.6) is 23.0 Å². The Morgan fingerprint density at radius 1 is 0.387 bits per heavy atom. The van der Waals surface area contributed by atoms with E-state index in [9.17, 15) is 0 Å². The molecule has 298 valence electrons. The van der Waals surface area contributed by atoms with Crippen LogP contribution in [0.15, 0.2) is 121 Å². The predicted octanol–water partition coefficient (Wildman–Crippen LogP) is 7.89. The van der Waals surface area contributed by atoms with Gasteiger partial charge in [0.25, 0.3) is 13.4 Å². The average molecular weight is 803 g/mol. The summed E-state index contributed by atoms with van der Waals surface area (Å²) in [6.07, 6.45) is 8.86. The number of hydrogen-bond donors (Lipinski definition) is 0. The third kappa shape index (κ3) is 4.37. The fourth-order valence-corrected chi connectivity index (χ4v) is 13.3. The Hall–Kier alpha value is -6.53. The highest BCUT2D eigenvalue weighted by atomic mass is 16.5. The van der Waals surface area contributed by atoms with Gasteiger partial charge in [0.1, 0.15) is 23.0 Å².